The Morgan fingerprint density at radius 1 is 1.19 bits per heavy atom. The van der Waals surface area contributed by atoms with Gasteiger partial charge in [0.1, 0.15) is 0 Å². The summed E-state index contributed by atoms with van der Waals surface area (Å²) in [4.78, 5) is 25.4. The summed E-state index contributed by atoms with van der Waals surface area (Å²) in [5, 5.41) is 9.11. The second kappa shape index (κ2) is 7.25. The number of aliphatic carboxylic acids is 1. The number of rotatable bonds is 6. The Kier molecular flexibility index (Phi) is 5.62. The van der Waals surface area contributed by atoms with Crippen molar-refractivity contribution >= 4 is 11.9 Å². The molecule has 2 rings (SSSR count). The molecule has 2 fully saturated rings. The zero-order valence-corrected chi connectivity index (χ0v) is 13.0. The molecule has 0 aromatic heterocycles. The highest BCUT2D eigenvalue weighted by Gasteiger charge is 2.38. The van der Waals surface area contributed by atoms with Crippen molar-refractivity contribution in [3.8, 4) is 0 Å². The molecule has 1 heterocycles. The Labute approximate surface area is 126 Å². The maximum Gasteiger partial charge on any atom is 0.303 e. The van der Waals surface area contributed by atoms with E-state index in [1.807, 2.05) is 7.05 Å². The molecule has 1 aliphatic heterocycles. The summed E-state index contributed by atoms with van der Waals surface area (Å²) in [6.45, 7) is 2.34. The number of carbonyl (C=O) groups is 2. The highest BCUT2D eigenvalue weighted by Crippen LogP contribution is 2.44. The highest BCUT2D eigenvalue weighted by atomic mass is 16.5. The van der Waals surface area contributed by atoms with E-state index in [1.54, 1.807) is 4.90 Å². The van der Waals surface area contributed by atoms with E-state index in [2.05, 4.69) is 0 Å². The first-order valence-electron chi connectivity index (χ1n) is 8.04. The summed E-state index contributed by atoms with van der Waals surface area (Å²) in [5.74, 6) is -0.159. The molecule has 0 radical (unpaired) electrons. The topological polar surface area (TPSA) is 66.8 Å². The van der Waals surface area contributed by atoms with Gasteiger partial charge in [0, 0.05) is 33.2 Å². The molecule has 0 atom stereocenters. The monoisotopic (exact) mass is 297 g/mol. The van der Waals surface area contributed by atoms with E-state index in [0.717, 1.165) is 58.3 Å². The van der Waals surface area contributed by atoms with E-state index in [-0.39, 0.29) is 17.7 Å². The van der Waals surface area contributed by atoms with Gasteiger partial charge in [0.25, 0.3) is 0 Å². The first kappa shape index (κ1) is 16.3. The van der Waals surface area contributed by atoms with E-state index in [4.69, 9.17) is 9.84 Å². The van der Waals surface area contributed by atoms with E-state index in [1.165, 1.54) is 0 Å². The zero-order valence-electron chi connectivity index (χ0n) is 13.0. The van der Waals surface area contributed by atoms with Crippen LogP contribution in [0.25, 0.3) is 0 Å². The summed E-state index contributed by atoms with van der Waals surface area (Å²) in [5.41, 5.74) is -0.299. The molecule has 1 aliphatic carbocycles. The second-order valence-corrected chi connectivity index (χ2v) is 6.78. The standard InChI is InChI=1S/C16H27NO4/c1-17(12-13-4-8-21-9-5-13)14(18)10-16(11-15(19)20)6-2-3-7-16/h13H,2-12H2,1H3,(H,19,20). The van der Waals surface area contributed by atoms with Gasteiger partial charge in [0.15, 0.2) is 0 Å². The first-order chi connectivity index (χ1) is 10.0. The maximum atomic E-state index is 12.5. The van der Waals surface area contributed by atoms with Gasteiger partial charge in [-0.05, 0) is 37.0 Å². The number of amides is 1. The average molecular weight is 297 g/mol. The predicted octanol–water partition coefficient (Wildman–Crippen LogP) is 2.30. The lowest BCUT2D eigenvalue weighted by atomic mass is 9.79. The van der Waals surface area contributed by atoms with Crippen LogP contribution in [0.3, 0.4) is 0 Å². The number of hydrogen-bond acceptors (Lipinski definition) is 3. The van der Waals surface area contributed by atoms with Crippen LogP contribution in [0.5, 0.6) is 0 Å². The number of hydrogen-bond donors (Lipinski definition) is 1. The normalized spacial score (nSPS) is 22.1. The minimum Gasteiger partial charge on any atom is -0.481 e. The van der Waals surface area contributed by atoms with Crippen LogP contribution >= 0.6 is 0 Å². The van der Waals surface area contributed by atoms with Crippen LogP contribution in [-0.4, -0.2) is 48.7 Å². The SMILES string of the molecule is CN(CC1CCOCC1)C(=O)CC1(CC(=O)O)CCCC1. The lowest BCUT2D eigenvalue weighted by Gasteiger charge is -2.31. The smallest absolute Gasteiger partial charge is 0.303 e. The maximum absolute atomic E-state index is 12.5. The van der Waals surface area contributed by atoms with Gasteiger partial charge in [0.2, 0.25) is 5.91 Å². The molecule has 0 aromatic carbocycles. The van der Waals surface area contributed by atoms with Gasteiger partial charge in [-0.25, -0.2) is 0 Å². The highest BCUT2D eigenvalue weighted by molar-refractivity contribution is 5.78. The Morgan fingerprint density at radius 3 is 2.38 bits per heavy atom. The van der Waals surface area contributed by atoms with Crippen LogP contribution in [0.2, 0.25) is 0 Å². The molecule has 5 nitrogen and oxygen atoms in total. The molecular weight excluding hydrogens is 270 g/mol. The third-order valence-electron chi connectivity index (χ3n) is 5.02. The van der Waals surface area contributed by atoms with Crippen LogP contribution in [0, 0.1) is 11.3 Å². The molecule has 21 heavy (non-hydrogen) atoms. The van der Waals surface area contributed by atoms with Gasteiger partial charge >= 0.3 is 5.97 Å². The number of carbonyl (C=O) groups excluding carboxylic acids is 1. The molecule has 1 N–H and O–H groups in total. The molecule has 2 aliphatic rings. The van der Waals surface area contributed by atoms with Gasteiger partial charge in [0.05, 0.1) is 6.42 Å². The number of carboxylic acid groups (broad SMARTS) is 1. The fourth-order valence-electron chi connectivity index (χ4n) is 3.74. The Balaban J connectivity index is 1.87. The minimum absolute atomic E-state index is 0.102. The van der Waals surface area contributed by atoms with Crippen molar-refractivity contribution in [2.45, 2.75) is 51.4 Å². The molecule has 0 aromatic rings. The lowest BCUT2D eigenvalue weighted by molar-refractivity contribution is -0.141. The fraction of sp³-hybridized carbons (Fsp3) is 0.875. The molecule has 5 heteroatoms. The molecule has 0 spiro atoms. The second-order valence-electron chi connectivity index (χ2n) is 6.78. The van der Waals surface area contributed by atoms with Crippen molar-refractivity contribution in [2.75, 3.05) is 26.8 Å². The van der Waals surface area contributed by atoms with Crippen LogP contribution in [0.1, 0.15) is 51.4 Å². The van der Waals surface area contributed by atoms with Gasteiger partial charge < -0.3 is 14.7 Å². The molecule has 1 saturated heterocycles. The summed E-state index contributed by atoms with van der Waals surface area (Å²) < 4.78 is 5.34. The number of nitrogens with zero attached hydrogens (tertiary/aromatic N) is 1. The summed E-state index contributed by atoms with van der Waals surface area (Å²) in [6.07, 6.45) is 6.37. The Morgan fingerprint density at radius 2 is 1.81 bits per heavy atom. The molecule has 0 bridgehead atoms. The van der Waals surface area contributed by atoms with Gasteiger partial charge in [-0.3, -0.25) is 9.59 Å². The van der Waals surface area contributed by atoms with Crippen LogP contribution < -0.4 is 0 Å². The average Bonchev–Trinajstić information content (AvgIpc) is 2.87. The zero-order chi connectivity index (χ0) is 15.3. The van der Waals surface area contributed by atoms with Crippen LogP contribution in [0.15, 0.2) is 0 Å². The van der Waals surface area contributed by atoms with Crippen molar-refractivity contribution in [3.05, 3.63) is 0 Å². The third-order valence-corrected chi connectivity index (χ3v) is 5.02. The van der Waals surface area contributed by atoms with Crippen molar-refractivity contribution in [2.24, 2.45) is 11.3 Å². The van der Waals surface area contributed by atoms with Crippen molar-refractivity contribution in [1.82, 2.24) is 4.90 Å². The van der Waals surface area contributed by atoms with Crippen molar-refractivity contribution < 1.29 is 19.4 Å². The lowest BCUT2D eigenvalue weighted by Crippen LogP contribution is -2.37. The van der Waals surface area contributed by atoms with Gasteiger partial charge in [-0.1, -0.05) is 12.8 Å². The first-order valence-corrected chi connectivity index (χ1v) is 8.04. The van der Waals surface area contributed by atoms with E-state index in [9.17, 15) is 9.59 Å². The van der Waals surface area contributed by atoms with Crippen LogP contribution in [-0.2, 0) is 14.3 Å². The summed E-state index contributed by atoms with van der Waals surface area (Å²) in [7, 11) is 1.85. The molecule has 120 valence electrons. The molecular formula is C16H27NO4. The molecule has 1 amide bonds. The van der Waals surface area contributed by atoms with Gasteiger partial charge in [-0.2, -0.15) is 0 Å². The molecule has 0 unspecified atom stereocenters. The van der Waals surface area contributed by atoms with Crippen molar-refractivity contribution in [3.63, 3.8) is 0 Å². The predicted molar refractivity (Wildman–Crippen MR) is 79.0 cm³/mol. The largest absolute Gasteiger partial charge is 0.481 e. The van der Waals surface area contributed by atoms with Crippen molar-refractivity contribution in [1.29, 1.82) is 0 Å². The van der Waals surface area contributed by atoms with E-state index < -0.39 is 5.97 Å². The quantitative estimate of drug-likeness (QED) is 0.817. The Bertz CT molecular complexity index is 370. The molecule has 1 saturated carbocycles. The third kappa shape index (κ3) is 4.70. The number of ether oxygens (including phenoxy) is 1. The summed E-state index contributed by atoms with van der Waals surface area (Å²) in [6, 6.07) is 0. The minimum atomic E-state index is -0.781. The summed E-state index contributed by atoms with van der Waals surface area (Å²) >= 11 is 0. The Hall–Kier alpha value is -1.10. The van der Waals surface area contributed by atoms with Gasteiger partial charge in [-0.15, -0.1) is 0 Å². The van der Waals surface area contributed by atoms with E-state index in [0.29, 0.717) is 12.3 Å². The van der Waals surface area contributed by atoms with E-state index >= 15 is 0 Å². The number of carboxylic acids is 1. The fourth-order valence-corrected chi connectivity index (χ4v) is 3.74. The van der Waals surface area contributed by atoms with Crippen LogP contribution in [0.4, 0.5) is 0 Å².